The summed E-state index contributed by atoms with van der Waals surface area (Å²) >= 11 is 5.85. The number of benzene rings is 1. The zero-order valence-electron chi connectivity index (χ0n) is 9.63. The Labute approximate surface area is 112 Å². The highest BCUT2D eigenvalue weighted by Crippen LogP contribution is 2.29. The molecule has 0 amide bonds. The number of hydrogen-bond donors (Lipinski definition) is 1. The smallest absolute Gasteiger partial charge is 0.273 e. The third-order valence-corrected chi connectivity index (χ3v) is 2.91. The lowest BCUT2D eigenvalue weighted by molar-refractivity contribution is 0.466. The molecule has 2 aromatic heterocycles. The van der Waals surface area contributed by atoms with Crippen LogP contribution in [0, 0.1) is 0 Å². The average molecular weight is 274 g/mol. The van der Waals surface area contributed by atoms with E-state index in [1.54, 1.807) is 12.3 Å². The van der Waals surface area contributed by atoms with Crippen LogP contribution < -0.4 is 10.3 Å². The van der Waals surface area contributed by atoms with Crippen molar-refractivity contribution in [3.63, 3.8) is 0 Å². The van der Waals surface area contributed by atoms with Gasteiger partial charge in [-0.25, -0.2) is 4.98 Å². The van der Waals surface area contributed by atoms with Gasteiger partial charge < -0.3 is 9.72 Å². The van der Waals surface area contributed by atoms with E-state index >= 15 is 0 Å². The highest BCUT2D eigenvalue weighted by molar-refractivity contribution is 6.31. The predicted molar refractivity (Wildman–Crippen MR) is 71.7 cm³/mol. The van der Waals surface area contributed by atoms with Gasteiger partial charge in [0, 0.05) is 11.6 Å². The Balaban J connectivity index is 2.11. The molecule has 0 atom stereocenters. The van der Waals surface area contributed by atoms with Gasteiger partial charge in [0.15, 0.2) is 5.02 Å². The lowest BCUT2D eigenvalue weighted by atomic mass is 10.2. The molecule has 2 heterocycles. The number of ether oxygens (including phenoxy) is 1. The van der Waals surface area contributed by atoms with Gasteiger partial charge in [-0.15, -0.1) is 0 Å². The lowest BCUT2D eigenvalue weighted by Gasteiger charge is -2.07. The van der Waals surface area contributed by atoms with E-state index in [1.807, 2.05) is 24.3 Å². The number of aromatic nitrogens is 3. The van der Waals surface area contributed by atoms with Crippen LogP contribution in [-0.2, 0) is 0 Å². The molecule has 0 spiro atoms. The SMILES string of the molecule is O=c1[nH]cnc(Oc2cccc3ncccc23)c1Cl. The maximum absolute atomic E-state index is 11.4. The Bertz CT molecular complexity index is 796. The van der Waals surface area contributed by atoms with Gasteiger partial charge in [-0.1, -0.05) is 17.7 Å². The first-order chi connectivity index (χ1) is 9.25. The third kappa shape index (κ3) is 2.15. The molecule has 0 unspecified atom stereocenters. The van der Waals surface area contributed by atoms with Crippen molar-refractivity contribution in [3.8, 4) is 11.6 Å². The summed E-state index contributed by atoms with van der Waals surface area (Å²) in [5, 5.41) is 0.742. The fourth-order valence-electron chi connectivity index (χ4n) is 1.71. The van der Waals surface area contributed by atoms with Crippen molar-refractivity contribution >= 4 is 22.5 Å². The van der Waals surface area contributed by atoms with Crippen molar-refractivity contribution in [2.24, 2.45) is 0 Å². The van der Waals surface area contributed by atoms with Gasteiger partial charge in [0.25, 0.3) is 5.56 Å². The molecule has 0 aliphatic rings. The molecule has 0 aliphatic heterocycles. The fourth-order valence-corrected chi connectivity index (χ4v) is 1.85. The first-order valence-electron chi connectivity index (χ1n) is 5.50. The maximum atomic E-state index is 11.4. The Morgan fingerprint density at radius 3 is 2.95 bits per heavy atom. The van der Waals surface area contributed by atoms with Crippen molar-refractivity contribution in [1.82, 2.24) is 15.0 Å². The van der Waals surface area contributed by atoms with Crippen LogP contribution in [0.5, 0.6) is 11.6 Å². The van der Waals surface area contributed by atoms with Crippen LogP contribution in [0.15, 0.2) is 47.7 Å². The molecule has 0 aliphatic carbocycles. The molecule has 3 rings (SSSR count). The number of fused-ring (bicyclic) bond motifs is 1. The van der Waals surface area contributed by atoms with E-state index in [-0.39, 0.29) is 10.9 Å². The largest absolute Gasteiger partial charge is 0.437 e. The van der Waals surface area contributed by atoms with Crippen molar-refractivity contribution in [2.45, 2.75) is 0 Å². The van der Waals surface area contributed by atoms with Crippen LogP contribution in [0.3, 0.4) is 0 Å². The molecule has 1 aromatic carbocycles. The van der Waals surface area contributed by atoms with E-state index in [0.29, 0.717) is 5.75 Å². The fraction of sp³-hybridized carbons (Fsp3) is 0. The minimum absolute atomic E-state index is 0.0711. The number of H-pyrrole nitrogens is 1. The molecular weight excluding hydrogens is 266 g/mol. The quantitative estimate of drug-likeness (QED) is 0.779. The molecule has 0 saturated heterocycles. The molecule has 94 valence electrons. The number of nitrogens with zero attached hydrogens (tertiary/aromatic N) is 2. The second kappa shape index (κ2) is 4.70. The molecule has 0 radical (unpaired) electrons. The normalized spacial score (nSPS) is 10.6. The third-order valence-electron chi connectivity index (χ3n) is 2.58. The second-order valence-electron chi connectivity index (χ2n) is 3.78. The van der Waals surface area contributed by atoms with Crippen LogP contribution in [0.2, 0.25) is 5.02 Å². The van der Waals surface area contributed by atoms with Crippen LogP contribution >= 0.6 is 11.6 Å². The summed E-state index contributed by atoms with van der Waals surface area (Å²) in [5.74, 6) is 0.618. The molecule has 0 fully saturated rings. The minimum atomic E-state index is -0.440. The predicted octanol–water partition coefficient (Wildman–Crippen LogP) is 2.76. The zero-order chi connectivity index (χ0) is 13.2. The maximum Gasteiger partial charge on any atom is 0.273 e. The van der Waals surface area contributed by atoms with Crippen molar-refractivity contribution < 1.29 is 4.74 Å². The van der Waals surface area contributed by atoms with Gasteiger partial charge in [-0.2, -0.15) is 0 Å². The second-order valence-corrected chi connectivity index (χ2v) is 4.16. The minimum Gasteiger partial charge on any atom is -0.437 e. The van der Waals surface area contributed by atoms with Gasteiger partial charge in [0.2, 0.25) is 5.88 Å². The first kappa shape index (κ1) is 11.7. The van der Waals surface area contributed by atoms with E-state index in [2.05, 4.69) is 15.0 Å². The topological polar surface area (TPSA) is 67.9 Å². The average Bonchev–Trinajstić information content (AvgIpc) is 2.44. The number of nitrogens with one attached hydrogen (secondary N) is 1. The van der Waals surface area contributed by atoms with Crippen molar-refractivity contribution in [2.75, 3.05) is 0 Å². The van der Waals surface area contributed by atoms with Crippen LogP contribution in [0.25, 0.3) is 10.9 Å². The Morgan fingerprint density at radius 2 is 2.05 bits per heavy atom. The highest BCUT2D eigenvalue weighted by atomic mass is 35.5. The van der Waals surface area contributed by atoms with E-state index in [0.717, 1.165) is 10.9 Å². The van der Waals surface area contributed by atoms with E-state index < -0.39 is 5.56 Å². The van der Waals surface area contributed by atoms with Crippen LogP contribution in [0.1, 0.15) is 0 Å². The molecule has 5 nitrogen and oxygen atoms in total. The molecule has 3 aromatic rings. The van der Waals surface area contributed by atoms with Gasteiger partial charge in [-0.3, -0.25) is 9.78 Å². The van der Waals surface area contributed by atoms with Gasteiger partial charge in [0.1, 0.15) is 5.75 Å². The molecule has 1 N–H and O–H groups in total. The summed E-state index contributed by atoms with van der Waals surface area (Å²) in [5.41, 5.74) is 0.353. The summed E-state index contributed by atoms with van der Waals surface area (Å²) in [4.78, 5) is 21.9. The lowest BCUT2D eigenvalue weighted by Crippen LogP contribution is -2.07. The first-order valence-corrected chi connectivity index (χ1v) is 5.88. The highest BCUT2D eigenvalue weighted by Gasteiger charge is 2.10. The Hall–Kier alpha value is -2.40. The van der Waals surface area contributed by atoms with E-state index in [9.17, 15) is 4.79 Å². The summed E-state index contributed by atoms with van der Waals surface area (Å²) in [7, 11) is 0. The number of rotatable bonds is 2. The van der Waals surface area contributed by atoms with E-state index in [4.69, 9.17) is 16.3 Å². The summed E-state index contributed by atoms with van der Waals surface area (Å²) in [6, 6.07) is 9.13. The van der Waals surface area contributed by atoms with Gasteiger partial charge in [0.05, 0.1) is 11.8 Å². The standard InChI is InChI=1S/C13H8ClN3O2/c14-11-12(18)16-7-17-13(11)19-10-5-1-4-9-8(10)3-2-6-15-9/h1-7H,(H,16,17,18). The summed E-state index contributed by atoms with van der Waals surface area (Å²) in [6.45, 7) is 0. The number of aromatic amines is 1. The van der Waals surface area contributed by atoms with Crippen LogP contribution in [0.4, 0.5) is 0 Å². The Morgan fingerprint density at radius 1 is 1.16 bits per heavy atom. The van der Waals surface area contributed by atoms with Crippen molar-refractivity contribution in [3.05, 3.63) is 58.2 Å². The molecular formula is C13H8ClN3O2. The molecule has 0 bridgehead atoms. The van der Waals surface area contributed by atoms with Gasteiger partial charge >= 0.3 is 0 Å². The number of pyridine rings is 1. The number of halogens is 1. The molecule has 6 heteroatoms. The molecule has 19 heavy (non-hydrogen) atoms. The summed E-state index contributed by atoms with van der Waals surface area (Å²) in [6.07, 6.45) is 2.94. The van der Waals surface area contributed by atoms with Crippen LogP contribution in [-0.4, -0.2) is 15.0 Å². The van der Waals surface area contributed by atoms with E-state index in [1.165, 1.54) is 6.33 Å². The molecule has 0 saturated carbocycles. The summed E-state index contributed by atoms with van der Waals surface area (Å²) < 4.78 is 5.60. The Kier molecular flexibility index (Phi) is 2.89. The van der Waals surface area contributed by atoms with Gasteiger partial charge in [-0.05, 0) is 24.3 Å². The monoisotopic (exact) mass is 273 g/mol. The number of hydrogen-bond acceptors (Lipinski definition) is 4. The van der Waals surface area contributed by atoms with Crippen molar-refractivity contribution in [1.29, 1.82) is 0 Å². The zero-order valence-corrected chi connectivity index (χ0v) is 10.4.